The molecule has 0 N–H and O–H groups in total. The Morgan fingerprint density at radius 3 is 2.18 bits per heavy atom. The topological polar surface area (TPSA) is 35.5 Å². The molecule has 0 spiro atoms. The van der Waals surface area contributed by atoms with Crippen LogP contribution in [-0.4, -0.2) is 26.3 Å². The van der Waals surface area contributed by atoms with Gasteiger partial charge in [-0.3, -0.25) is 4.79 Å². The SMILES string of the molecule is C=CCOC.CCOC(C)=O. The van der Waals surface area contributed by atoms with Crippen LogP contribution in [0.2, 0.25) is 0 Å². The van der Waals surface area contributed by atoms with E-state index in [1.54, 1.807) is 20.1 Å². The van der Waals surface area contributed by atoms with Crippen LogP contribution in [0.1, 0.15) is 13.8 Å². The molecule has 0 aromatic carbocycles. The predicted molar refractivity (Wildman–Crippen MR) is 44.4 cm³/mol. The Labute approximate surface area is 68.0 Å². The molecule has 0 aromatic heterocycles. The third-order valence-corrected chi connectivity index (χ3v) is 0.632. The number of carbonyl (C=O) groups excluding carboxylic acids is 1. The molecule has 0 rings (SSSR count). The molecule has 0 unspecified atom stereocenters. The monoisotopic (exact) mass is 160 g/mol. The molecule has 0 atom stereocenters. The Kier molecular flexibility index (Phi) is 13.9. The lowest BCUT2D eigenvalue weighted by Gasteiger charge is -1.89. The quantitative estimate of drug-likeness (QED) is 0.462. The fraction of sp³-hybridized carbons (Fsp3) is 0.625. The highest BCUT2D eigenvalue weighted by molar-refractivity contribution is 5.65. The van der Waals surface area contributed by atoms with Crippen LogP contribution in [0.25, 0.3) is 0 Å². The summed E-state index contributed by atoms with van der Waals surface area (Å²) in [5, 5.41) is 0. The number of hydrogen-bond donors (Lipinski definition) is 0. The smallest absolute Gasteiger partial charge is 0.302 e. The molecule has 0 radical (unpaired) electrons. The number of carbonyl (C=O) groups is 1. The van der Waals surface area contributed by atoms with Crippen molar-refractivity contribution in [3.8, 4) is 0 Å². The van der Waals surface area contributed by atoms with Crippen LogP contribution in [0.5, 0.6) is 0 Å². The molecular weight excluding hydrogens is 144 g/mol. The number of rotatable bonds is 3. The molecule has 0 amide bonds. The summed E-state index contributed by atoms with van der Waals surface area (Å²) in [6, 6.07) is 0. The van der Waals surface area contributed by atoms with Crippen molar-refractivity contribution in [3.63, 3.8) is 0 Å². The zero-order valence-electron chi connectivity index (χ0n) is 7.42. The first-order chi connectivity index (χ1) is 5.18. The molecule has 0 aliphatic rings. The van der Waals surface area contributed by atoms with Gasteiger partial charge in [0.2, 0.25) is 0 Å². The van der Waals surface area contributed by atoms with E-state index in [1.165, 1.54) is 6.92 Å². The van der Waals surface area contributed by atoms with Gasteiger partial charge in [-0.25, -0.2) is 0 Å². The molecule has 0 saturated heterocycles. The third-order valence-electron chi connectivity index (χ3n) is 0.632. The molecule has 0 aromatic rings. The van der Waals surface area contributed by atoms with Crippen LogP contribution >= 0.6 is 0 Å². The van der Waals surface area contributed by atoms with Crippen LogP contribution in [0.3, 0.4) is 0 Å². The van der Waals surface area contributed by atoms with Crippen molar-refractivity contribution in [2.24, 2.45) is 0 Å². The highest BCUT2D eigenvalue weighted by atomic mass is 16.5. The Morgan fingerprint density at radius 2 is 2.18 bits per heavy atom. The average Bonchev–Trinajstić information content (AvgIpc) is 1.90. The minimum Gasteiger partial charge on any atom is -0.466 e. The van der Waals surface area contributed by atoms with Crippen molar-refractivity contribution in [2.75, 3.05) is 20.3 Å². The fourth-order valence-electron chi connectivity index (χ4n) is 0.321. The second-order valence-corrected chi connectivity index (χ2v) is 1.67. The molecule has 0 heterocycles. The first-order valence-electron chi connectivity index (χ1n) is 3.42. The molecular formula is C8H16O3. The fourth-order valence-corrected chi connectivity index (χ4v) is 0.321. The highest BCUT2D eigenvalue weighted by Crippen LogP contribution is 1.69. The van der Waals surface area contributed by atoms with Crippen molar-refractivity contribution in [1.29, 1.82) is 0 Å². The molecule has 0 bridgehead atoms. The molecule has 11 heavy (non-hydrogen) atoms. The zero-order chi connectivity index (χ0) is 9.11. The van der Waals surface area contributed by atoms with E-state index in [-0.39, 0.29) is 5.97 Å². The van der Waals surface area contributed by atoms with E-state index in [1.807, 2.05) is 0 Å². The number of methoxy groups -OCH3 is 1. The Hall–Kier alpha value is -0.830. The average molecular weight is 160 g/mol. The molecule has 0 aliphatic heterocycles. The lowest BCUT2D eigenvalue weighted by atomic mass is 10.7. The van der Waals surface area contributed by atoms with Crippen LogP contribution in [0, 0.1) is 0 Å². The summed E-state index contributed by atoms with van der Waals surface area (Å²) in [4.78, 5) is 9.82. The van der Waals surface area contributed by atoms with Gasteiger partial charge in [-0.05, 0) is 6.92 Å². The molecule has 0 fully saturated rings. The van der Waals surface area contributed by atoms with Gasteiger partial charge in [0, 0.05) is 14.0 Å². The van der Waals surface area contributed by atoms with Gasteiger partial charge in [-0.1, -0.05) is 6.08 Å². The van der Waals surface area contributed by atoms with Gasteiger partial charge in [-0.15, -0.1) is 6.58 Å². The molecule has 0 aliphatic carbocycles. The van der Waals surface area contributed by atoms with E-state index in [0.29, 0.717) is 13.2 Å². The molecule has 0 saturated carbocycles. The maximum Gasteiger partial charge on any atom is 0.302 e. The summed E-state index contributed by atoms with van der Waals surface area (Å²) >= 11 is 0. The van der Waals surface area contributed by atoms with Gasteiger partial charge in [0.05, 0.1) is 13.2 Å². The van der Waals surface area contributed by atoms with Gasteiger partial charge in [0.25, 0.3) is 0 Å². The summed E-state index contributed by atoms with van der Waals surface area (Å²) < 4.78 is 8.98. The van der Waals surface area contributed by atoms with Crippen LogP contribution in [0.15, 0.2) is 12.7 Å². The third kappa shape index (κ3) is 27.1. The Bertz CT molecular complexity index is 99.5. The number of hydrogen-bond acceptors (Lipinski definition) is 3. The van der Waals surface area contributed by atoms with Crippen LogP contribution < -0.4 is 0 Å². The maximum atomic E-state index is 9.82. The van der Waals surface area contributed by atoms with Crippen LogP contribution in [0.4, 0.5) is 0 Å². The summed E-state index contributed by atoms with van der Waals surface area (Å²) in [5.74, 6) is -0.211. The molecule has 66 valence electrons. The lowest BCUT2D eigenvalue weighted by molar-refractivity contribution is -0.140. The van der Waals surface area contributed by atoms with Gasteiger partial charge in [0.15, 0.2) is 0 Å². The summed E-state index contributed by atoms with van der Waals surface area (Å²) in [7, 11) is 1.64. The molecule has 3 nitrogen and oxygen atoms in total. The van der Waals surface area contributed by atoms with Crippen LogP contribution in [-0.2, 0) is 14.3 Å². The van der Waals surface area contributed by atoms with Crippen molar-refractivity contribution < 1.29 is 14.3 Å². The number of ether oxygens (including phenoxy) is 2. The first kappa shape index (κ1) is 12.8. The van der Waals surface area contributed by atoms with Crippen molar-refractivity contribution in [2.45, 2.75) is 13.8 Å². The second-order valence-electron chi connectivity index (χ2n) is 1.67. The number of esters is 1. The van der Waals surface area contributed by atoms with Gasteiger partial charge < -0.3 is 9.47 Å². The Balaban J connectivity index is 0. The maximum absolute atomic E-state index is 9.82. The van der Waals surface area contributed by atoms with Crippen molar-refractivity contribution in [3.05, 3.63) is 12.7 Å². The second kappa shape index (κ2) is 11.9. The van der Waals surface area contributed by atoms with Gasteiger partial charge in [0.1, 0.15) is 0 Å². The van der Waals surface area contributed by atoms with E-state index in [0.717, 1.165) is 0 Å². The largest absolute Gasteiger partial charge is 0.466 e. The van der Waals surface area contributed by atoms with Crippen molar-refractivity contribution >= 4 is 5.97 Å². The van der Waals surface area contributed by atoms with E-state index in [4.69, 9.17) is 0 Å². The molecule has 3 heteroatoms. The van der Waals surface area contributed by atoms with Crippen molar-refractivity contribution in [1.82, 2.24) is 0 Å². The summed E-state index contributed by atoms with van der Waals surface area (Å²) in [5.41, 5.74) is 0. The Morgan fingerprint density at radius 1 is 1.64 bits per heavy atom. The minimum absolute atomic E-state index is 0.211. The van der Waals surface area contributed by atoms with E-state index >= 15 is 0 Å². The lowest BCUT2D eigenvalue weighted by Crippen LogP contribution is -1.95. The summed E-state index contributed by atoms with van der Waals surface area (Å²) in [6.45, 7) is 7.73. The first-order valence-corrected chi connectivity index (χ1v) is 3.42. The highest BCUT2D eigenvalue weighted by Gasteiger charge is 1.81. The van der Waals surface area contributed by atoms with Gasteiger partial charge >= 0.3 is 5.97 Å². The predicted octanol–water partition coefficient (Wildman–Crippen LogP) is 1.39. The van der Waals surface area contributed by atoms with E-state index in [9.17, 15) is 4.79 Å². The normalized spacial score (nSPS) is 7.55. The van der Waals surface area contributed by atoms with E-state index in [2.05, 4.69) is 16.1 Å². The summed E-state index contributed by atoms with van der Waals surface area (Å²) in [6.07, 6.45) is 1.71. The van der Waals surface area contributed by atoms with Gasteiger partial charge in [-0.2, -0.15) is 0 Å². The zero-order valence-corrected chi connectivity index (χ0v) is 7.42. The standard InChI is InChI=1S/C4H8O2.C4H8O/c1-3-6-4(2)5;1-3-4-5-2/h3H2,1-2H3;3H,1,4H2,2H3. The van der Waals surface area contributed by atoms with E-state index < -0.39 is 0 Å². The minimum atomic E-state index is -0.211.